The van der Waals surface area contributed by atoms with Gasteiger partial charge in [0.2, 0.25) is 5.88 Å². The monoisotopic (exact) mass is 250 g/mol. The largest absolute Gasteiger partial charge is 0.476 e. The number of nitrogens with zero attached hydrogens (tertiary/aromatic N) is 2. The molecule has 2 unspecified atom stereocenters. The summed E-state index contributed by atoms with van der Waals surface area (Å²) in [6, 6.07) is 3.01. The standard InChI is InChI=1S/C13H18N2O3/c1-2-9-5-3-4-6-11(9)18-12-8-7-10(13(16)17)14-15-12/h7-9,11H,2-6H2,1H3,(H,16,17). The highest BCUT2D eigenvalue weighted by atomic mass is 16.5. The Hall–Kier alpha value is -1.65. The van der Waals surface area contributed by atoms with Crippen molar-refractivity contribution in [3.05, 3.63) is 17.8 Å². The van der Waals surface area contributed by atoms with E-state index in [1.807, 2.05) is 0 Å². The van der Waals surface area contributed by atoms with Crippen LogP contribution in [0.5, 0.6) is 5.88 Å². The molecule has 1 aliphatic rings. The Morgan fingerprint density at radius 3 is 2.78 bits per heavy atom. The van der Waals surface area contributed by atoms with E-state index in [4.69, 9.17) is 9.84 Å². The lowest BCUT2D eigenvalue weighted by molar-refractivity contribution is 0.0686. The summed E-state index contributed by atoms with van der Waals surface area (Å²) in [5, 5.41) is 16.2. The fourth-order valence-corrected chi connectivity index (χ4v) is 2.45. The summed E-state index contributed by atoms with van der Waals surface area (Å²) in [7, 11) is 0. The van der Waals surface area contributed by atoms with Crippen LogP contribution in [0.1, 0.15) is 49.5 Å². The van der Waals surface area contributed by atoms with Crippen molar-refractivity contribution in [1.82, 2.24) is 10.2 Å². The van der Waals surface area contributed by atoms with Gasteiger partial charge in [-0.15, -0.1) is 10.2 Å². The van der Waals surface area contributed by atoms with Crippen LogP contribution in [-0.4, -0.2) is 27.4 Å². The van der Waals surface area contributed by atoms with E-state index in [1.165, 1.54) is 25.3 Å². The summed E-state index contributed by atoms with van der Waals surface area (Å²) in [4.78, 5) is 10.7. The van der Waals surface area contributed by atoms with Crippen molar-refractivity contribution in [2.75, 3.05) is 0 Å². The first-order valence-corrected chi connectivity index (χ1v) is 6.44. The average molecular weight is 250 g/mol. The Labute approximate surface area is 106 Å². The van der Waals surface area contributed by atoms with Crippen LogP contribution in [-0.2, 0) is 0 Å². The van der Waals surface area contributed by atoms with Crippen LogP contribution in [0.3, 0.4) is 0 Å². The van der Waals surface area contributed by atoms with E-state index in [9.17, 15) is 4.79 Å². The summed E-state index contributed by atoms with van der Waals surface area (Å²) in [5.41, 5.74) is -0.0574. The molecule has 1 heterocycles. The molecule has 1 aliphatic carbocycles. The quantitative estimate of drug-likeness (QED) is 0.888. The predicted molar refractivity (Wildman–Crippen MR) is 65.7 cm³/mol. The number of carboxylic acids is 1. The van der Waals surface area contributed by atoms with E-state index in [2.05, 4.69) is 17.1 Å². The number of aromatic nitrogens is 2. The minimum Gasteiger partial charge on any atom is -0.476 e. The van der Waals surface area contributed by atoms with E-state index in [0.29, 0.717) is 11.8 Å². The molecule has 0 bridgehead atoms. The summed E-state index contributed by atoms with van der Waals surface area (Å²) in [6.07, 6.45) is 5.98. The van der Waals surface area contributed by atoms with Gasteiger partial charge in [-0.25, -0.2) is 4.79 Å². The van der Waals surface area contributed by atoms with E-state index >= 15 is 0 Å². The fourth-order valence-electron chi connectivity index (χ4n) is 2.45. The molecule has 1 saturated carbocycles. The van der Waals surface area contributed by atoms with Crippen molar-refractivity contribution in [3.63, 3.8) is 0 Å². The summed E-state index contributed by atoms with van der Waals surface area (Å²) in [6.45, 7) is 2.17. The molecule has 1 aromatic heterocycles. The van der Waals surface area contributed by atoms with Gasteiger partial charge in [-0.3, -0.25) is 0 Å². The van der Waals surface area contributed by atoms with Crippen LogP contribution in [0.15, 0.2) is 12.1 Å². The highest BCUT2D eigenvalue weighted by Crippen LogP contribution is 2.29. The molecule has 0 aliphatic heterocycles. The lowest BCUT2D eigenvalue weighted by Gasteiger charge is -2.30. The fraction of sp³-hybridized carbons (Fsp3) is 0.615. The van der Waals surface area contributed by atoms with Crippen LogP contribution in [0.25, 0.3) is 0 Å². The third kappa shape index (κ3) is 2.97. The van der Waals surface area contributed by atoms with Crippen molar-refractivity contribution < 1.29 is 14.6 Å². The molecule has 0 spiro atoms. The maximum atomic E-state index is 10.7. The molecule has 5 heteroatoms. The van der Waals surface area contributed by atoms with Crippen molar-refractivity contribution in [3.8, 4) is 5.88 Å². The maximum Gasteiger partial charge on any atom is 0.356 e. The molecule has 0 saturated heterocycles. The van der Waals surface area contributed by atoms with Gasteiger partial charge in [0.15, 0.2) is 5.69 Å². The lowest BCUT2D eigenvalue weighted by Crippen LogP contribution is -2.30. The molecular weight excluding hydrogens is 232 g/mol. The van der Waals surface area contributed by atoms with Gasteiger partial charge in [-0.2, -0.15) is 0 Å². The number of hydrogen-bond donors (Lipinski definition) is 1. The summed E-state index contributed by atoms with van der Waals surface area (Å²) >= 11 is 0. The molecule has 1 fully saturated rings. The third-order valence-electron chi connectivity index (χ3n) is 3.50. The zero-order valence-electron chi connectivity index (χ0n) is 10.5. The maximum absolute atomic E-state index is 10.7. The number of ether oxygens (including phenoxy) is 1. The van der Waals surface area contributed by atoms with Gasteiger partial charge in [-0.1, -0.05) is 13.3 Å². The van der Waals surface area contributed by atoms with E-state index in [0.717, 1.165) is 12.8 Å². The molecule has 2 rings (SSSR count). The molecular formula is C13H18N2O3. The number of aromatic carboxylic acids is 1. The predicted octanol–water partition coefficient (Wildman–Crippen LogP) is 2.52. The number of rotatable bonds is 4. The number of carbonyl (C=O) groups is 1. The van der Waals surface area contributed by atoms with Crippen LogP contribution < -0.4 is 4.74 Å². The second kappa shape index (κ2) is 5.80. The molecule has 2 atom stereocenters. The SMILES string of the molecule is CCC1CCCCC1Oc1ccc(C(=O)O)nn1. The Kier molecular flexibility index (Phi) is 4.12. The normalized spacial score (nSPS) is 23.6. The van der Waals surface area contributed by atoms with Crippen LogP contribution in [0, 0.1) is 5.92 Å². The average Bonchev–Trinajstić information content (AvgIpc) is 2.40. The number of hydrogen-bond acceptors (Lipinski definition) is 4. The van der Waals surface area contributed by atoms with Crippen molar-refractivity contribution in [2.24, 2.45) is 5.92 Å². The topological polar surface area (TPSA) is 72.3 Å². The highest BCUT2D eigenvalue weighted by molar-refractivity contribution is 5.84. The first-order valence-electron chi connectivity index (χ1n) is 6.44. The number of carboxylic acid groups (broad SMARTS) is 1. The van der Waals surface area contributed by atoms with Gasteiger partial charge in [-0.05, 0) is 37.7 Å². The van der Waals surface area contributed by atoms with Crippen LogP contribution in [0.4, 0.5) is 0 Å². The highest BCUT2D eigenvalue weighted by Gasteiger charge is 2.25. The van der Waals surface area contributed by atoms with E-state index < -0.39 is 5.97 Å². The Morgan fingerprint density at radius 1 is 1.39 bits per heavy atom. The minimum absolute atomic E-state index is 0.0574. The van der Waals surface area contributed by atoms with Crippen molar-refractivity contribution in [2.45, 2.75) is 45.1 Å². The Bertz CT molecular complexity index is 405. The molecule has 0 aromatic carbocycles. The minimum atomic E-state index is -1.07. The van der Waals surface area contributed by atoms with Crippen molar-refractivity contribution >= 4 is 5.97 Å². The van der Waals surface area contributed by atoms with E-state index in [1.54, 1.807) is 6.07 Å². The smallest absolute Gasteiger partial charge is 0.356 e. The van der Waals surface area contributed by atoms with Gasteiger partial charge in [0.05, 0.1) is 0 Å². The van der Waals surface area contributed by atoms with E-state index in [-0.39, 0.29) is 11.8 Å². The van der Waals surface area contributed by atoms with Crippen LogP contribution in [0.2, 0.25) is 0 Å². The molecule has 1 aromatic rings. The zero-order chi connectivity index (χ0) is 13.0. The lowest BCUT2D eigenvalue weighted by atomic mass is 9.85. The first-order chi connectivity index (χ1) is 8.70. The molecule has 5 nitrogen and oxygen atoms in total. The van der Waals surface area contributed by atoms with Gasteiger partial charge in [0.1, 0.15) is 6.10 Å². The second-order valence-corrected chi connectivity index (χ2v) is 4.67. The van der Waals surface area contributed by atoms with Crippen molar-refractivity contribution in [1.29, 1.82) is 0 Å². The van der Waals surface area contributed by atoms with Crippen LogP contribution >= 0.6 is 0 Å². The van der Waals surface area contributed by atoms with Gasteiger partial charge in [0, 0.05) is 6.07 Å². The zero-order valence-corrected chi connectivity index (χ0v) is 10.5. The summed E-state index contributed by atoms with van der Waals surface area (Å²) in [5.74, 6) is -0.0804. The second-order valence-electron chi connectivity index (χ2n) is 4.67. The van der Waals surface area contributed by atoms with Gasteiger partial charge in [0.25, 0.3) is 0 Å². The molecule has 98 valence electrons. The third-order valence-corrected chi connectivity index (χ3v) is 3.50. The summed E-state index contributed by atoms with van der Waals surface area (Å²) < 4.78 is 5.83. The molecule has 18 heavy (non-hydrogen) atoms. The Morgan fingerprint density at radius 2 is 2.17 bits per heavy atom. The molecule has 0 amide bonds. The Balaban J connectivity index is 2.01. The van der Waals surface area contributed by atoms with Gasteiger partial charge >= 0.3 is 5.97 Å². The van der Waals surface area contributed by atoms with Gasteiger partial charge < -0.3 is 9.84 Å². The molecule has 0 radical (unpaired) electrons. The first kappa shape index (κ1) is 12.8. The molecule has 1 N–H and O–H groups in total.